The van der Waals surface area contributed by atoms with E-state index in [9.17, 15) is 9.90 Å². The molecule has 2 unspecified atom stereocenters. The van der Waals surface area contributed by atoms with Gasteiger partial charge in [0.15, 0.2) is 0 Å². The summed E-state index contributed by atoms with van der Waals surface area (Å²) in [6.45, 7) is 2.57. The summed E-state index contributed by atoms with van der Waals surface area (Å²) < 4.78 is 5.52. The first-order valence-corrected chi connectivity index (χ1v) is 6.77. The van der Waals surface area contributed by atoms with E-state index in [-0.39, 0.29) is 23.8 Å². The molecule has 4 nitrogen and oxygen atoms in total. The standard InChI is InChI=1S/C15H21NO3/c1-11(12-7-3-4-8-13(12)17)16(2)15(18)14-9-5-6-10-19-14/h3-4,7-8,11,14,17H,5-6,9-10H2,1-2H3. The van der Waals surface area contributed by atoms with Crippen LogP contribution in [0.4, 0.5) is 0 Å². The molecular weight excluding hydrogens is 242 g/mol. The summed E-state index contributed by atoms with van der Waals surface area (Å²) >= 11 is 0. The minimum absolute atomic E-state index is 0.00421. The second kappa shape index (κ2) is 6.06. The van der Waals surface area contributed by atoms with Gasteiger partial charge in [-0.25, -0.2) is 0 Å². The van der Waals surface area contributed by atoms with Crippen LogP contribution in [0, 0.1) is 0 Å². The number of carbonyl (C=O) groups excluding carboxylic acids is 1. The first-order chi connectivity index (χ1) is 9.11. The summed E-state index contributed by atoms with van der Waals surface area (Å²) in [6, 6.07) is 6.95. The fraction of sp³-hybridized carbons (Fsp3) is 0.533. The Hall–Kier alpha value is -1.55. The van der Waals surface area contributed by atoms with Crippen LogP contribution in [0.25, 0.3) is 0 Å². The molecule has 19 heavy (non-hydrogen) atoms. The molecule has 1 aromatic carbocycles. The summed E-state index contributed by atoms with van der Waals surface area (Å²) in [5.41, 5.74) is 0.758. The van der Waals surface area contributed by atoms with Crippen molar-refractivity contribution >= 4 is 5.91 Å². The Morgan fingerprint density at radius 2 is 2.16 bits per heavy atom. The SMILES string of the molecule is CC(c1ccccc1O)N(C)C(=O)C1CCCCO1. The summed E-state index contributed by atoms with van der Waals surface area (Å²) in [5, 5.41) is 9.85. The topological polar surface area (TPSA) is 49.8 Å². The van der Waals surface area contributed by atoms with Gasteiger partial charge >= 0.3 is 0 Å². The number of benzene rings is 1. The second-order valence-electron chi connectivity index (χ2n) is 5.04. The smallest absolute Gasteiger partial charge is 0.251 e. The zero-order chi connectivity index (χ0) is 13.8. The van der Waals surface area contributed by atoms with E-state index >= 15 is 0 Å². The van der Waals surface area contributed by atoms with Crippen LogP contribution in [0.3, 0.4) is 0 Å². The number of phenols is 1. The number of hydrogen-bond donors (Lipinski definition) is 1. The van der Waals surface area contributed by atoms with Crippen LogP contribution in [0.2, 0.25) is 0 Å². The number of nitrogens with zero attached hydrogens (tertiary/aromatic N) is 1. The van der Waals surface area contributed by atoms with Gasteiger partial charge in [-0.1, -0.05) is 18.2 Å². The maximum atomic E-state index is 12.3. The second-order valence-corrected chi connectivity index (χ2v) is 5.04. The first kappa shape index (κ1) is 13.9. The third kappa shape index (κ3) is 3.07. The monoisotopic (exact) mass is 263 g/mol. The molecule has 0 radical (unpaired) electrons. The highest BCUT2D eigenvalue weighted by molar-refractivity contribution is 5.81. The molecule has 1 aliphatic rings. The van der Waals surface area contributed by atoms with E-state index in [0.29, 0.717) is 6.61 Å². The van der Waals surface area contributed by atoms with E-state index < -0.39 is 0 Å². The number of aromatic hydroxyl groups is 1. The zero-order valence-electron chi connectivity index (χ0n) is 11.5. The summed E-state index contributed by atoms with van der Waals surface area (Å²) in [4.78, 5) is 14.0. The van der Waals surface area contributed by atoms with Crippen molar-refractivity contribution in [2.75, 3.05) is 13.7 Å². The molecule has 1 amide bonds. The summed E-state index contributed by atoms with van der Waals surface area (Å²) in [5.74, 6) is 0.217. The Bertz CT molecular complexity index is 441. The molecule has 4 heteroatoms. The molecule has 2 atom stereocenters. The molecule has 1 N–H and O–H groups in total. The number of carbonyl (C=O) groups is 1. The van der Waals surface area contributed by atoms with E-state index in [2.05, 4.69) is 0 Å². The van der Waals surface area contributed by atoms with Crippen molar-refractivity contribution in [1.82, 2.24) is 4.90 Å². The molecule has 104 valence electrons. The van der Waals surface area contributed by atoms with Crippen molar-refractivity contribution in [2.24, 2.45) is 0 Å². The summed E-state index contributed by atoms with van der Waals surface area (Å²) in [7, 11) is 1.76. The number of phenolic OH excluding ortho intramolecular Hbond substituents is 1. The lowest BCUT2D eigenvalue weighted by molar-refractivity contribution is -0.147. The van der Waals surface area contributed by atoms with Crippen molar-refractivity contribution in [3.8, 4) is 5.75 Å². The molecule has 0 spiro atoms. The van der Waals surface area contributed by atoms with Crippen LogP contribution >= 0.6 is 0 Å². The van der Waals surface area contributed by atoms with Crippen LogP contribution in [-0.2, 0) is 9.53 Å². The van der Waals surface area contributed by atoms with Gasteiger partial charge in [0.25, 0.3) is 5.91 Å². The predicted octanol–water partition coefficient (Wildman–Crippen LogP) is 2.48. The van der Waals surface area contributed by atoms with E-state index in [0.717, 1.165) is 24.8 Å². The van der Waals surface area contributed by atoms with Crippen molar-refractivity contribution in [3.63, 3.8) is 0 Å². The first-order valence-electron chi connectivity index (χ1n) is 6.77. The highest BCUT2D eigenvalue weighted by Gasteiger charge is 2.28. The quantitative estimate of drug-likeness (QED) is 0.911. The van der Waals surface area contributed by atoms with Crippen molar-refractivity contribution in [3.05, 3.63) is 29.8 Å². The molecule has 2 rings (SSSR count). The number of likely N-dealkylation sites (N-methyl/N-ethyl adjacent to an activating group) is 1. The average Bonchev–Trinajstić information content (AvgIpc) is 2.46. The maximum absolute atomic E-state index is 12.3. The van der Waals surface area contributed by atoms with Gasteiger partial charge in [0.2, 0.25) is 0 Å². The molecule has 0 saturated carbocycles. The van der Waals surface area contributed by atoms with Gasteiger partial charge in [-0.05, 0) is 32.3 Å². The molecule has 1 aliphatic heterocycles. The van der Waals surface area contributed by atoms with E-state index in [1.165, 1.54) is 0 Å². The number of para-hydroxylation sites is 1. The Morgan fingerprint density at radius 3 is 2.79 bits per heavy atom. The molecular formula is C15H21NO3. The zero-order valence-corrected chi connectivity index (χ0v) is 11.5. The highest BCUT2D eigenvalue weighted by Crippen LogP contribution is 2.28. The molecule has 0 aromatic heterocycles. The van der Waals surface area contributed by atoms with Crippen LogP contribution in [0.15, 0.2) is 24.3 Å². The van der Waals surface area contributed by atoms with Gasteiger partial charge in [0, 0.05) is 19.2 Å². The number of rotatable bonds is 3. The molecule has 1 saturated heterocycles. The highest BCUT2D eigenvalue weighted by atomic mass is 16.5. The third-order valence-corrected chi connectivity index (χ3v) is 3.77. The van der Waals surface area contributed by atoms with E-state index in [1.807, 2.05) is 19.1 Å². The fourth-order valence-electron chi connectivity index (χ4n) is 2.40. The molecule has 1 heterocycles. The van der Waals surface area contributed by atoms with Crippen molar-refractivity contribution in [2.45, 2.75) is 38.3 Å². The number of ether oxygens (including phenoxy) is 1. The molecule has 0 aliphatic carbocycles. The van der Waals surface area contributed by atoms with E-state index in [4.69, 9.17) is 4.74 Å². The lowest BCUT2D eigenvalue weighted by Gasteiger charge is -2.31. The normalized spacial score (nSPS) is 20.8. The fourth-order valence-corrected chi connectivity index (χ4v) is 2.40. The van der Waals surface area contributed by atoms with E-state index in [1.54, 1.807) is 24.1 Å². The number of hydrogen-bond acceptors (Lipinski definition) is 3. The average molecular weight is 263 g/mol. The Kier molecular flexibility index (Phi) is 4.43. The van der Waals surface area contributed by atoms with Crippen molar-refractivity contribution in [1.29, 1.82) is 0 Å². The minimum Gasteiger partial charge on any atom is -0.508 e. The van der Waals surface area contributed by atoms with Crippen molar-refractivity contribution < 1.29 is 14.6 Å². The Morgan fingerprint density at radius 1 is 1.42 bits per heavy atom. The lowest BCUT2D eigenvalue weighted by atomic mass is 10.0. The largest absolute Gasteiger partial charge is 0.508 e. The molecule has 1 aromatic rings. The van der Waals surface area contributed by atoms with Gasteiger partial charge < -0.3 is 14.7 Å². The van der Waals surface area contributed by atoms with Gasteiger partial charge in [-0.2, -0.15) is 0 Å². The van der Waals surface area contributed by atoms with Crippen LogP contribution < -0.4 is 0 Å². The van der Waals surface area contributed by atoms with Gasteiger partial charge in [0.1, 0.15) is 11.9 Å². The van der Waals surface area contributed by atoms with Crippen LogP contribution in [0.5, 0.6) is 5.75 Å². The molecule has 0 bridgehead atoms. The van der Waals surface area contributed by atoms with Crippen LogP contribution in [0.1, 0.15) is 37.8 Å². The Labute approximate surface area is 114 Å². The lowest BCUT2D eigenvalue weighted by Crippen LogP contribution is -2.40. The van der Waals surface area contributed by atoms with Gasteiger partial charge in [-0.15, -0.1) is 0 Å². The third-order valence-electron chi connectivity index (χ3n) is 3.77. The van der Waals surface area contributed by atoms with Gasteiger partial charge in [0.05, 0.1) is 6.04 Å². The minimum atomic E-state index is -0.327. The van der Waals surface area contributed by atoms with Crippen LogP contribution in [-0.4, -0.2) is 35.7 Å². The predicted molar refractivity (Wildman–Crippen MR) is 72.9 cm³/mol. The molecule has 1 fully saturated rings. The Balaban J connectivity index is 2.08. The maximum Gasteiger partial charge on any atom is 0.251 e. The summed E-state index contributed by atoms with van der Waals surface area (Å²) in [6.07, 6.45) is 2.53. The van der Waals surface area contributed by atoms with Gasteiger partial charge in [-0.3, -0.25) is 4.79 Å². The number of amides is 1.